The summed E-state index contributed by atoms with van der Waals surface area (Å²) < 4.78 is 25.3. The third-order valence-corrected chi connectivity index (χ3v) is 2.51. The lowest BCUT2D eigenvalue weighted by molar-refractivity contribution is -0.0157. The van der Waals surface area contributed by atoms with Crippen molar-refractivity contribution in [2.75, 3.05) is 0 Å². The molecule has 1 fully saturated rings. The van der Waals surface area contributed by atoms with Crippen molar-refractivity contribution in [1.29, 1.82) is 0 Å². The Morgan fingerprint density at radius 2 is 1.75 bits per heavy atom. The lowest BCUT2D eigenvalue weighted by Crippen LogP contribution is -2.45. The maximum absolute atomic E-state index is 12.7. The predicted octanol–water partition coefficient (Wildman–Crippen LogP) is 2.69. The van der Waals surface area contributed by atoms with E-state index in [9.17, 15) is 8.78 Å². The van der Waals surface area contributed by atoms with E-state index in [1.807, 2.05) is 0 Å². The van der Waals surface area contributed by atoms with Crippen LogP contribution in [0, 0.1) is 0 Å². The monoisotopic (exact) mass is 177 g/mol. The molecule has 1 nitrogen and oxygen atoms in total. The Morgan fingerprint density at radius 3 is 2.17 bits per heavy atom. The fourth-order valence-corrected chi connectivity index (χ4v) is 2.05. The van der Waals surface area contributed by atoms with Gasteiger partial charge in [0.1, 0.15) is 0 Å². The third-order valence-electron chi connectivity index (χ3n) is 2.51. The highest BCUT2D eigenvalue weighted by Gasteiger charge is 2.36. The average molecular weight is 177 g/mol. The van der Waals surface area contributed by atoms with Crippen LogP contribution in [0.5, 0.6) is 0 Å². The number of alkyl halides is 2. The van der Waals surface area contributed by atoms with Gasteiger partial charge in [0.2, 0.25) is 5.92 Å². The van der Waals surface area contributed by atoms with Gasteiger partial charge in [0, 0.05) is 12.0 Å². The molecule has 0 aromatic carbocycles. The molecule has 1 aliphatic rings. The standard InChI is InChI=1S/C9H17F2N/c1-8(10,11)7-9(12)5-3-2-4-6-9/h2-7,12H2,1H3. The minimum atomic E-state index is -2.61. The zero-order valence-corrected chi connectivity index (χ0v) is 7.58. The second-order valence-corrected chi connectivity index (χ2v) is 4.17. The summed E-state index contributed by atoms with van der Waals surface area (Å²) >= 11 is 0. The molecule has 72 valence electrons. The Morgan fingerprint density at radius 1 is 1.25 bits per heavy atom. The van der Waals surface area contributed by atoms with E-state index in [0.717, 1.165) is 39.0 Å². The van der Waals surface area contributed by atoms with Gasteiger partial charge in [-0.3, -0.25) is 0 Å². The summed E-state index contributed by atoms with van der Waals surface area (Å²) in [5.74, 6) is -2.61. The maximum Gasteiger partial charge on any atom is 0.247 e. The molecule has 2 N–H and O–H groups in total. The van der Waals surface area contributed by atoms with Crippen LogP contribution in [0.3, 0.4) is 0 Å². The number of halogens is 2. The Kier molecular flexibility index (Phi) is 2.71. The highest BCUT2D eigenvalue weighted by molar-refractivity contribution is 4.90. The summed E-state index contributed by atoms with van der Waals surface area (Å²) in [6.45, 7) is 0.955. The highest BCUT2D eigenvalue weighted by Crippen LogP contribution is 2.34. The largest absolute Gasteiger partial charge is 0.325 e. The Balaban J connectivity index is 2.47. The number of hydrogen-bond acceptors (Lipinski definition) is 1. The quantitative estimate of drug-likeness (QED) is 0.689. The molecule has 0 aromatic rings. The van der Waals surface area contributed by atoms with E-state index in [-0.39, 0.29) is 6.42 Å². The molecule has 0 saturated heterocycles. The molecule has 0 aliphatic heterocycles. The molecule has 1 rings (SSSR count). The van der Waals surface area contributed by atoms with Crippen molar-refractivity contribution in [3.05, 3.63) is 0 Å². The second-order valence-electron chi connectivity index (χ2n) is 4.17. The van der Waals surface area contributed by atoms with Crippen LogP contribution in [-0.2, 0) is 0 Å². The third kappa shape index (κ3) is 3.05. The van der Waals surface area contributed by atoms with Crippen molar-refractivity contribution in [3.63, 3.8) is 0 Å². The SMILES string of the molecule is CC(F)(F)CC1(N)CCCCC1. The van der Waals surface area contributed by atoms with Crippen LogP contribution in [0.4, 0.5) is 8.78 Å². The summed E-state index contributed by atoms with van der Waals surface area (Å²) in [6, 6.07) is 0. The molecule has 1 saturated carbocycles. The van der Waals surface area contributed by atoms with Crippen molar-refractivity contribution >= 4 is 0 Å². The molecule has 0 atom stereocenters. The normalized spacial score (nSPS) is 24.0. The number of nitrogens with two attached hydrogens (primary N) is 1. The van der Waals surface area contributed by atoms with Crippen LogP contribution in [0.25, 0.3) is 0 Å². The van der Waals surface area contributed by atoms with Crippen LogP contribution < -0.4 is 5.73 Å². The van der Waals surface area contributed by atoms with Gasteiger partial charge < -0.3 is 5.73 Å². The van der Waals surface area contributed by atoms with Crippen molar-refractivity contribution in [3.8, 4) is 0 Å². The first-order valence-electron chi connectivity index (χ1n) is 4.58. The minimum Gasteiger partial charge on any atom is -0.325 e. The second kappa shape index (κ2) is 3.29. The van der Waals surface area contributed by atoms with Crippen molar-refractivity contribution in [2.24, 2.45) is 5.73 Å². The first-order valence-corrected chi connectivity index (χ1v) is 4.58. The Hall–Kier alpha value is -0.180. The van der Waals surface area contributed by atoms with Gasteiger partial charge in [-0.25, -0.2) is 8.78 Å². The molecule has 0 radical (unpaired) electrons. The topological polar surface area (TPSA) is 26.0 Å². The lowest BCUT2D eigenvalue weighted by Gasteiger charge is -2.35. The van der Waals surface area contributed by atoms with E-state index in [1.54, 1.807) is 0 Å². The average Bonchev–Trinajstić information content (AvgIpc) is 1.83. The zero-order valence-electron chi connectivity index (χ0n) is 7.58. The van der Waals surface area contributed by atoms with Gasteiger partial charge in [-0.2, -0.15) is 0 Å². The summed E-state index contributed by atoms with van der Waals surface area (Å²) in [5.41, 5.74) is 5.28. The lowest BCUT2D eigenvalue weighted by atomic mass is 9.79. The fourth-order valence-electron chi connectivity index (χ4n) is 2.05. The summed E-state index contributed by atoms with van der Waals surface area (Å²) in [7, 11) is 0. The van der Waals surface area contributed by atoms with Gasteiger partial charge in [-0.15, -0.1) is 0 Å². The molecule has 0 amide bonds. The highest BCUT2D eigenvalue weighted by atomic mass is 19.3. The van der Waals surface area contributed by atoms with E-state index in [0.29, 0.717) is 0 Å². The number of rotatable bonds is 2. The number of hydrogen-bond donors (Lipinski definition) is 1. The smallest absolute Gasteiger partial charge is 0.247 e. The summed E-state index contributed by atoms with van der Waals surface area (Å²) in [4.78, 5) is 0. The van der Waals surface area contributed by atoms with Gasteiger partial charge in [0.05, 0.1) is 0 Å². The van der Waals surface area contributed by atoms with Crippen molar-refractivity contribution in [1.82, 2.24) is 0 Å². The van der Waals surface area contributed by atoms with E-state index in [4.69, 9.17) is 5.73 Å². The van der Waals surface area contributed by atoms with Crippen LogP contribution in [0.2, 0.25) is 0 Å². The van der Waals surface area contributed by atoms with Gasteiger partial charge in [-0.1, -0.05) is 19.3 Å². The Labute approximate surface area is 72.3 Å². The molecule has 0 aromatic heterocycles. The molecule has 3 heteroatoms. The fraction of sp³-hybridized carbons (Fsp3) is 1.00. The first-order chi connectivity index (χ1) is 5.41. The maximum atomic E-state index is 12.7. The minimum absolute atomic E-state index is 0.153. The predicted molar refractivity (Wildman–Crippen MR) is 45.2 cm³/mol. The summed E-state index contributed by atoms with van der Waals surface area (Å²) in [6.07, 6.45) is 4.53. The van der Waals surface area contributed by atoms with E-state index in [1.165, 1.54) is 0 Å². The van der Waals surface area contributed by atoms with Crippen LogP contribution in [-0.4, -0.2) is 11.5 Å². The summed E-state index contributed by atoms with van der Waals surface area (Å²) in [5, 5.41) is 0. The molecular formula is C9H17F2N. The van der Waals surface area contributed by atoms with Crippen LogP contribution >= 0.6 is 0 Å². The Bertz CT molecular complexity index is 145. The van der Waals surface area contributed by atoms with Crippen molar-refractivity contribution in [2.45, 2.75) is 56.9 Å². The van der Waals surface area contributed by atoms with Crippen LogP contribution in [0.15, 0.2) is 0 Å². The first kappa shape index (κ1) is 9.90. The van der Waals surface area contributed by atoms with Crippen molar-refractivity contribution < 1.29 is 8.78 Å². The van der Waals surface area contributed by atoms with Crippen LogP contribution in [0.1, 0.15) is 45.4 Å². The molecule has 0 unspecified atom stereocenters. The zero-order chi connectivity index (χ0) is 9.24. The molecule has 12 heavy (non-hydrogen) atoms. The molecule has 1 aliphatic carbocycles. The van der Waals surface area contributed by atoms with Gasteiger partial charge >= 0.3 is 0 Å². The molecular weight excluding hydrogens is 160 g/mol. The molecule has 0 heterocycles. The van der Waals surface area contributed by atoms with Gasteiger partial charge in [-0.05, 0) is 19.8 Å². The van der Waals surface area contributed by atoms with Gasteiger partial charge in [0.15, 0.2) is 0 Å². The van der Waals surface area contributed by atoms with E-state index >= 15 is 0 Å². The van der Waals surface area contributed by atoms with E-state index < -0.39 is 11.5 Å². The molecule has 0 spiro atoms. The van der Waals surface area contributed by atoms with E-state index in [2.05, 4.69) is 0 Å². The molecule has 0 bridgehead atoms. The van der Waals surface area contributed by atoms with Gasteiger partial charge in [0.25, 0.3) is 0 Å².